The Hall–Kier alpha value is -0.320. The Bertz CT molecular complexity index is 367. The molecule has 0 aliphatic carbocycles. The number of halogens is 2. The molecule has 1 atom stereocenters. The predicted octanol–water partition coefficient (Wildman–Crippen LogP) is 3.30. The normalized spacial score (nSPS) is 20.2. The van der Waals surface area contributed by atoms with Crippen molar-refractivity contribution in [2.24, 2.45) is 5.92 Å². The zero-order chi connectivity index (χ0) is 12.1. The minimum absolute atomic E-state index is 0.668. The van der Waals surface area contributed by atoms with Crippen LogP contribution in [0.3, 0.4) is 0 Å². The van der Waals surface area contributed by atoms with Crippen LogP contribution < -0.4 is 10.6 Å². The number of rotatable bonds is 4. The van der Waals surface area contributed by atoms with E-state index in [9.17, 15) is 0 Å². The summed E-state index contributed by atoms with van der Waals surface area (Å²) in [5, 5.41) is 7.39. The number of nitrogens with zero attached hydrogens (tertiary/aromatic N) is 1. The lowest BCUT2D eigenvalue weighted by atomic mass is 9.96. The van der Waals surface area contributed by atoms with Gasteiger partial charge in [-0.15, -0.1) is 0 Å². The number of hydrogen-bond acceptors (Lipinski definition) is 3. The average molecular weight is 319 g/mol. The van der Waals surface area contributed by atoms with Gasteiger partial charge in [0.25, 0.3) is 0 Å². The molecule has 1 aromatic heterocycles. The van der Waals surface area contributed by atoms with Gasteiger partial charge >= 0.3 is 0 Å². The molecule has 1 saturated heterocycles. The number of aromatic nitrogens is 1. The zero-order valence-corrected chi connectivity index (χ0v) is 12.0. The molecule has 0 spiro atoms. The van der Waals surface area contributed by atoms with Gasteiger partial charge in [-0.3, -0.25) is 0 Å². The van der Waals surface area contributed by atoms with Crippen LogP contribution in [0.5, 0.6) is 0 Å². The van der Waals surface area contributed by atoms with Gasteiger partial charge in [-0.05, 0) is 60.3 Å². The van der Waals surface area contributed by atoms with Gasteiger partial charge in [0.15, 0.2) is 0 Å². The van der Waals surface area contributed by atoms with Gasteiger partial charge in [0, 0.05) is 17.2 Å². The van der Waals surface area contributed by atoms with Crippen LogP contribution in [0.2, 0.25) is 5.02 Å². The summed E-state index contributed by atoms with van der Waals surface area (Å²) >= 11 is 9.43. The summed E-state index contributed by atoms with van der Waals surface area (Å²) in [5.74, 6) is 1.56. The molecule has 1 aliphatic heterocycles. The van der Waals surface area contributed by atoms with Crippen molar-refractivity contribution in [3.05, 3.63) is 21.8 Å². The van der Waals surface area contributed by atoms with E-state index in [-0.39, 0.29) is 0 Å². The van der Waals surface area contributed by atoms with Crippen LogP contribution in [-0.2, 0) is 0 Å². The molecule has 1 fully saturated rings. The third-order valence-electron chi connectivity index (χ3n) is 3.05. The lowest BCUT2D eigenvalue weighted by Crippen LogP contribution is -2.30. The van der Waals surface area contributed by atoms with E-state index in [0.717, 1.165) is 29.3 Å². The minimum atomic E-state index is 0.668. The van der Waals surface area contributed by atoms with Gasteiger partial charge in [-0.25, -0.2) is 4.98 Å². The van der Waals surface area contributed by atoms with Crippen LogP contribution in [0.4, 0.5) is 5.82 Å². The topological polar surface area (TPSA) is 37.0 Å². The number of hydrogen-bond donors (Lipinski definition) is 2. The van der Waals surface area contributed by atoms with Gasteiger partial charge in [0.1, 0.15) is 5.82 Å². The third-order valence-corrected chi connectivity index (χ3v) is 3.77. The average Bonchev–Trinajstić information content (AvgIpc) is 2.33. The molecule has 17 heavy (non-hydrogen) atoms. The molecule has 2 rings (SSSR count). The van der Waals surface area contributed by atoms with Crippen molar-refractivity contribution >= 4 is 33.3 Å². The van der Waals surface area contributed by atoms with Crippen molar-refractivity contribution in [1.29, 1.82) is 0 Å². The largest absolute Gasteiger partial charge is 0.369 e. The second-order valence-electron chi connectivity index (χ2n) is 4.41. The first-order valence-electron chi connectivity index (χ1n) is 6.01. The Morgan fingerprint density at radius 3 is 3.18 bits per heavy atom. The molecule has 0 saturated carbocycles. The van der Waals surface area contributed by atoms with Crippen LogP contribution >= 0.6 is 27.5 Å². The highest BCUT2D eigenvalue weighted by Gasteiger charge is 2.12. The summed E-state index contributed by atoms with van der Waals surface area (Å²) in [4.78, 5) is 4.25. The first-order chi connectivity index (χ1) is 8.25. The summed E-state index contributed by atoms with van der Waals surface area (Å²) in [6, 6.07) is 1.86. The molecule has 1 unspecified atom stereocenters. The van der Waals surface area contributed by atoms with E-state index in [4.69, 9.17) is 11.6 Å². The van der Waals surface area contributed by atoms with Crippen molar-refractivity contribution < 1.29 is 0 Å². The van der Waals surface area contributed by atoms with E-state index >= 15 is 0 Å². The molecule has 1 aliphatic rings. The standard InChI is InChI=1S/C12H17BrClN3/c13-10-6-11(14)12(17-8-10)16-5-3-9-2-1-4-15-7-9/h6,8-9,15H,1-5,7H2,(H,16,17). The smallest absolute Gasteiger partial charge is 0.144 e. The summed E-state index contributed by atoms with van der Waals surface area (Å²) in [5.41, 5.74) is 0. The Kier molecular flexibility index (Phi) is 5.07. The number of piperidine rings is 1. The Labute approximate surface area is 115 Å². The molecule has 0 aromatic carbocycles. The van der Waals surface area contributed by atoms with Gasteiger partial charge in [-0.1, -0.05) is 11.6 Å². The fraction of sp³-hybridized carbons (Fsp3) is 0.583. The molecule has 5 heteroatoms. The SMILES string of the molecule is Clc1cc(Br)cnc1NCCC1CCCNC1. The fourth-order valence-electron chi connectivity index (χ4n) is 2.11. The number of nitrogens with one attached hydrogen (secondary N) is 2. The quantitative estimate of drug-likeness (QED) is 0.894. The Morgan fingerprint density at radius 1 is 1.59 bits per heavy atom. The van der Waals surface area contributed by atoms with Crippen LogP contribution in [-0.4, -0.2) is 24.6 Å². The summed E-state index contributed by atoms with van der Waals surface area (Å²) in [7, 11) is 0. The lowest BCUT2D eigenvalue weighted by molar-refractivity contribution is 0.364. The van der Waals surface area contributed by atoms with Crippen LogP contribution in [0.25, 0.3) is 0 Å². The fourth-order valence-corrected chi connectivity index (χ4v) is 2.81. The van der Waals surface area contributed by atoms with E-state index in [1.807, 2.05) is 6.07 Å². The highest BCUT2D eigenvalue weighted by molar-refractivity contribution is 9.10. The van der Waals surface area contributed by atoms with Crippen LogP contribution in [0.15, 0.2) is 16.7 Å². The maximum atomic E-state index is 6.08. The summed E-state index contributed by atoms with van der Waals surface area (Å²) in [6.45, 7) is 3.24. The monoisotopic (exact) mass is 317 g/mol. The van der Waals surface area contributed by atoms with Gasteiger partial charge in [-0.2, -0.15) is 0 Å². The van der Waals surface area contributed by atoms with E-state index in [0.29, 0.717) is 5.02 Å². The summed E-state index contributed by atoms with van der Waals surface area (Å²) in [6.07, 6.45) is 5.55. The van der Waals surface area contributed by atoms with Gasteiger partial charge < -0.3 is 10.6 Å². The van der Waals surface area contributed by atoms with E-state index in [1.165, 1.54) is 25.8 Å². The van der Waals surface area contributed by atoms with Crippen LogP contribution in [0, 0.1) is 5.92 Å². The second-order valence-corrected chi connectivity index (χ2v) is 5.73. The highest BCUT2D eigenvalue weighted by atomic mass is 79.9. The molecule has 2 N–H and O–H groups in total. The lowest BCUT2D eigenvalue weighted by Gasteiger charge is -2.22. The summed E-state index contributed by atoms with van der Waals surface area (Å²) < 4.78 is 0.907. The first kappa shape index (κ1) is 13.1. The van der Waals surface area contributed by atoms with E-state index < -0.39 is 0 Å². The molecular weight excluding hydrogens is 302 g/mol. The van der Waals surface area contributed by atoms with Gasteiger partial charge in [0.2, 0.25) is 0 Å². The minimum Gasteiger partial charge on any atom is -0.369 e. The van der Waals surface area contributed by atoms with Crippen molar-refractivity contribution in [3.63, 3.8) is 0 Å². The van der Waals surface area contributed by atoms with E-state index in [2.05, 4.69) is 31.5 Å². The Balaban J connectivity index is 1.77. The molecule has 0 amide bonds. The maximum absolute atomic E-state index is 6.08. The van der Waals surface area contributed by atoms with E-state index in [1.54, 1.807) is 6.20 Å². The van der Waals surface area contributed by atoms with Crippen LogP contribution in [0.1, 0.15) is 19.3 Å². The molecule has 0 bridgehead atoms. The zero-order valence-electron chi connectivity index (χ0n) is 9.68. The second kappa shape index (κ2) is 6.57. The van der Waals surface area contributed by atoms with Crippen molar-refractivity contribution in [1.82, 2.24) is 10.3 Å². The number of anilines is 1. The van der Waals surface area contributed by atoms with Crippen molar-refractivity contribution in [2.45, 2.75) is 19.3 Å². The maximum Gasteiger partial charge on any atom is 0.144 e. The van der Waals surface area contributed by atoms with Crippen molar-refractivity contribution in [2.75, 3.05) is 25.0 Å². The molecule has 3 nitrogen and oxygen atoms in total. The molecule has 94 valence electrons. The third kappa shape index (κ3) is 4.12. The number of pyridine rings is 1. The van der Waals surface area contributed by atoms with Crippen molar-refractivity contribution in [3.8, 4) is 0 Å². The molecule has 0 radical (unpaired) electrons. The molecule has 2 heterocycles. The Morgan fingerprint density at radius 2 is 2.47 bits per heavy atom. The highest BCUT2D eigenvalue weighted by Crippen LogP contribution is 2.23. The molecule has 1 aromatic rings. The van der Waals surface area contributed by atoms with Gasteiger partial charge in [0.05, 0.1) is 5.02 Å². The first-order valence-corrected chi connectivity index (χ1v) is 7.18. The molecular formula is C12H17BrClN3. The predicted molar refractivity (Wildman–Crippen MR) is 75.6 cm³/mol.